The molecular weight excluding hydrogens is 512 g/mol. The molecule has 0 saturated heterocycles. The predicted octanol–water partition coefficient (Wildman–Crippen LogP) is 1.75. The third kappa shape index (κ3) is 4.21. The number of anilines is 3. The Hall–Kier alpha value is -4.55. The minimum absolute atomic E-state index is 0.0853. The summed E-state index contributed by atoms with van der Waals surface area (Å²) in [6.45, 7) is 2.11. The first kappa shape index (κ1) is 24.5. The first-order chi connectivity index (χ1) is 19.4. The minimum Gasteiger partial charge on any atom is -0.480 e. The van der Waals surface area contributed by atoms with Gasteiger partial charge in [0.25, 0.3) is 11.5 Å². The fourth-order valence-electron chi connectivity index (χ4n) is 5.48. The summed E-state index contributed by atoms with van der Waals surface area (Å²) < 4.78 is 8.77. The SMILES string of the molecule is CN1CCc2ccc(Nc3ncc4c(=O)n5n(c4n3)-c3ccc4c(n3)N(CC(O)C/C=C\C5)C(=O)CO4)cc2C1. The van der Waals surface area contributed by atoms with Crippen LogP contribution in [0.4, 0.5) is 17.5 Å². The van der Waals surface area contributed by atoms with Crippen molar-refractivity contribution in [2.24, 2.45) is 0 Å². The van der Waals surface area contributed by atoms with Crippen LogP contribution in [0.25, 0.3) is 16.9 Å². The lowest BCUT2D eigenvalue weighted by Crippen LogP contribution is -2.44. The summed E-state index contributed by atoms with van der Waals surface area (Å²) >= 11 is 0. The molecule has 3 aliphatic rings. The number of hydrogen-bond donors (Lipinski definition) is 2. The largest absolute Gasteiger partial charge is 0.480 e. The van der Waals surface area contributed by atoms with Crippen molar-refractivity contribution < 1.29 is 14.6 Å². The van der Waals surface area contributed by atoms with Gasteiger partial charge in [-0.15, -0.1) is 0 Å². The number of aliphatic hydroxyl groups is 1. The maximum atomic E-state index is 13.5. The zero-order valence-electron chi connectivity index (χ0n) is 21.9. The summed E-state index contributed by atoms with van der Waals surface area (Å²) in [5, 5.41) is 14.2. The van der Waals surface area contributed by atoms with Crippen molar-refractivity contribution in [3.63, 3.8) is 0 Å². The van der Waals surface area contributed by atoms with E-state index in [0.29, 0.717) is 40.8 Å². The standard InChI is InChI=1S/C28H28N8O4/c1-33-11-9-17-5-6-19(12-18(17)14-33)30-28-29-13-21-25(32-28)36-23-8-7-22-26(31-23)34(24(38)16-40-22)15-20(37)4-2-3-10-35(36)27(21)39/h2-3,5-8,12-13,20,37H,4,9-11,14-16H2,1H3,(H,29,30,32)/b3-2-. The van der Waals surface area contributed by atoms with E-state index < -0.39 is 6.10 Å². The molecule has 204 valence electrons. The van der Waals surface area contributed by atoms with Gasteiger partial charge < -0.3 is 20.1 Å². The molecule has 12 nitrogen and oxygen atoms in total. The van der Waals surface area contributed by atoms with E-state index in [1.165, 1.54) is 26.9 Å². The number of carbonyl (C=O) groups excluding carboxylic acids is 1. The van der Waals surface area contributed by atoms with E-state index in [1.807, 2.05) is 12.1 Å². The van der Waals surface area contributed by atoms with Crippen LogP contribution in [0.5, 0.6) is 5.75 Å². The van der Waals surface area contributed by atoms with Crippen molar-refractivity contribution in [1.82, 2.24) is 29.2 Å². The second kappa shape index (κ2) is 9.57. The van der Waals surface area contributed by atoms with Crippen LogP contribution < -0.4 is 20.5 Å². The van der Waals surface area contributed by atoms with Crippen molar-refractivity contribution in [1.29, 1.82) is 0 Å². The maximum absolute atomic E-state index is 13.5. The monoisotopic (exact) mass is 540 g/mol. The number of benzene rings is 1. The second-order valence-corrected chi connectivity index (χ2v) is 10.4. The van der Waals surface area contributed by atoms with Crippen LogP contribution >= 0.6 is 0 Å². The van der Waals surface area contributed by atoms with Gasteiger partial charge in [-0.3, -0.25) is 14.5 Å². The third-order valence-electron chi connectivity index (χ3n) is 7.54. The predicted molar refractivity (Wildman–Crippen MR) is 148 cm³/mol. The Bertz CT molecular complexity index is 1740. The Labute approximate surface area is 229 Å². The van der Waals surface area contributed by atoms with E-state index in [4.69, 9.17) is 14.7 Å². The highest BCUT2D eigenvalue weighted by atomic mass is 16.5. The molecule has 2 N–H and O–H groups in total. The Morgan fingerprint density at radius 1 is 1.10 bits per heavy atom. The lowest BCUT2D eigenvalue weighted by molar-refractivity contribution is -0.121. The number of allylic oxidation sites excluding steroid dienone is 1. The van der Waals surface area contributed by atoms with Gasteiger partial charge in [-0.2, -0.15) is 4.98 Å². The number of pyridine rings is 1. The highest BCUT2D eigenvalue weighted by Gasteiger charge is 2.30. The van der Waals surface area contributed by atoms with Gasteiger partial charge in [0.15, 0.2) is 29.6 Å². The first-order valence-electron chi connectivity index (χ1n) is 13.3. The summed E-state index contributed by atoms with van der Waals surface area (Å²) in [5.74, 6) is 1.17. The number of fused-ring (bicyclic) bond motifs is 6. The molecule has 2 bridgehead atoms. The number of rotatable bonds is 2. The van der Waals surface area contributed by atoms with E-state index in [1.54, 1.807) is 22.9 Å². The summed E-state index contributed by atoms with van der Waals surface area (Å²) in [6.07, 6.45) is 5.69. The zero-order chi connectivity index (χ0) is 27.4. The number of nitrogens with zero attached hydrogens (tertiary/aromatic N) is 7. The lowest BCUT2D eigenvalue weighted by Gasteiger charge is -2.30. The van der Waals surface area contributed by atoms with Gasteiger partial charge in [0.2, 0.25) is 5.95 Å². The van der Waals surface area contributed by atoms with Crippen molar-refractivity contribution in [2.75, 3.05) is 37.0 Å². The highest BCUT2D eigenvalue weighted by molar-refractivity contribution is 5.97. The van der Waals surface area contributed by atoms with E-state index in [9.17, 15) is 14.7 Å². The molecule has 0 fully saturated rings. The van der Waals surface area contributed by atoms with Crippen LogP contribution in [0.2, 0.25) is 0 Å². The van der Waals surface area contributed by atoms with Crippen LogP contribution in [0.1, 0.15) is 17.5 Å². The van der Waals surface area contributed by atoms with Crippen LogP contribution in [0.15, 0.2) is 53.5 Å². The molecule has 3 aliphatic heterocycles. The summed E-state index contributed by atoms with van der Waals surface area (Å²) in [6, 6.07) is 9.71. The van der Waals surface area contributed by atoms with Crippen molar-refractivity contribution >= 4 is 34.4 Å². The molecule has 4 aromatic rings. The average molecular weight is 541 g/mol. The smallest absolute Gasteiger partial charge is 0.278 e. The average Bonchev–Trinajstić information content (AvgIpc) is 3.22. The molecule has 1 unspecified atom stereocenters. The van der Waals surface area contributed by atoms with Crippen LogP contribution in [-0.2, 0) is 24.3 Å². The number of amides is 1. The van der Waals surface area contributed by atoms with Gasteiger partial charge >= 0.3 is 0 Å². The van der Waals surface area contributed by atoms with Crippen molar-refractivity contribution in [3.8, 4) is 11.6 Å². The molecule has 0 radical (unpaired) electrons. The Kier molecular flexibility index (Phi) is 5.86. The van der Waals surface area contributed by atoms with Crippen molar-refractivity contribution in [3.05, 3.63) is 70.2 Å². The van der Waals surface area contributed by atoms with Gasteiger partial charge in [-0.05, 0) is 55.3 Å². The van der Waals surface area contributed by atoms with Gasteiger partial charge in [0.05, 0.1) is 19.2 Å². The zero-order valence-corrected chi connectivity index (χ0v) is 21.9. The topological polar surface area (TPSA) is 131 Å². The Balaban J connectivity index is 1.35. The number of carbonyl (C=O) groups is 1. The number of nitrogens with one attached hydrogen (secondary N) is 1. The quantitative estimate of drug-likeness (QED) is 0.365. The van der Waals surface area contributed by atoms with Gasteiger partial charge in [-0.1, -0.05) is 18.2 Å². The van der Waals surface area contributed by atoms with Crippen LogP contribution in [-0.4, -0.2) is 73.1 Å². The number of hydrogen-bond acceptors (Lipinski definition) is 9. The fourth-order valence-corrected chi connectivity index (χ4v) is 5.48. The van der Waals surface area contributed by atoms with E-state index >= 15 is 0 Å². The molecule has 6 heterocycles. The molecule has 0 saturated carbocycles. The number of aliphatic hydroxyl groups excluding tert-OH is 1. The van der Waals surface area contributed by atoms with Crippen LogP contribution in [0.3, 0.4) is 0 Å². The second-order valence-electron chi connectivity index (χ2n) is 10.4. The number of aromatic nitrogens is 5. The molecule has 40 heavy (non-hydrogen) atoms. The van der Waals surface area contributed by atoms with Crippen molar-refractivity contribution in [2.45, 2.75) is 32.0 Å². The van der Waals surface area contributed by atoms with E-state index in [0.717, 1.165) is 25.2 Å². The molecule has 3 aromatic heterocycles. The first-order valence-corrected chi connectivity index (χ1v) is 13.3. The minimum atomic E-state index is -0.790. The molecule has 1 atom stereocenters. The maximum Gasteiger partial charge on any atom is 0.278 e. The fraction of sp³-hybridized carbons (Fsp3) is 0.321. The van der Waals surface area contributed by atoms with Crippen LogP contribution in [0, 0.1) is 0 Å². The molecule has 7 rings (SSSR count). The normalized spacial score (nSPS) is 19.7. The molecule has 0 spiro atoms. The van der Waals surface area contributed by atoms with E-state index in [2.05, 4.69) is 34.4 Å². The van der Waals surface area contributed by atoms with Gasteiger partial charge in [0, 0.05) is 25.0 Å². The molecule has 1 amide bonds. The highest BCUT2D eigenvalue weighted by Crippen LogP contribution is 2.32. The Morgan fingerprint density at radius 3 is 2.90 bits per heavy atom. The molecule has 0 aliphatic carbocycles. The van der Waals surface area contributed by atoms with E-state index in [-0.39, 0.29) is 31.2 Å². The number of ether oxygens (including phenoxy) is 1. The van der Waals surface area contributed by atoms with Gasteiger partial charge in [-0.25, -0.2) is 19.3 Å². The molecule has 1 aromatic carbocycles. The lowest BCUT2D eigenvalue weighted by atomic mass is 9.99. The van der Waals surface area contributed by atoms with Gasteiger partial charge in [0.1, 0.15) is 5.39 Å². The Morgan fingerprint density at radius 2 is 2.00 bits per heavy atom. The summed E-state index contributed by atoms with van der Waals surface area (Å²) in [4.78, 5) is 43.9. The number of likely N-dealkylation sites (N-methyl/N-ethyl adjacent to an activating group) is 1. The molecule has 12 heteroatoms. The third-order valence-corrected chi connectivity index (χ3v) is 7.54. The molecular formula is C28H28N8O4. The summed E-state index contributed by atoms with van der Waals surface area (Å²) in [7, 11) is 2.11. The summed E-state index contributed by atoms with van der Waals surface area (Å²) in [5.41, 5.74) is 3.58.